The van der Waals surface area contributed by atoms with Crippen LogP contribution in [0.3, 0.4) is 0 Å². The smallest absolute Gasteiger partial charge is 0.318 e. The second-order valence-electron chi connectivity index (χ2n) is 7.87. The van der Waals surface area contributed by atoms with Crippen molar-refractivity contribution in [2.45, 2.75) is 13.0 Å². The Morgan fingerprint density at radius 2 is 2.03 bits per heavy atom. The molecule has 1 N–H and O–H groups in total. The number of piperazine rings is 1. The Hall–Kier alpha value is -3.76. The number of pyridine rings is 1. The Balaban J connectivity index is 1.76. The first-order valence-electron chi connectivity index (χ1n) is 10.5. The third kappa shape index (κ3) is 3.29. The first-order valence-corrected chi connectivity index (χ1v) is 10.5. The van der Waals surface area contributed by atoms with Gasteiger partial charge >= 0.3 is 6.01 Å². The van der Waals surface area contributed by atoms with Gasteiger partial charge in [-0.25, -0.2) is 4.39 Å². The van der Waals surface area contributed by atoms with Gasteiger partial charge in [0.1, 0.15) is 17.0 Å². The highest BCUT2D eigenvalue weighted by molar-refractivity contribution is 6.01. The van der Waals surface area contributed by atoms with Gasteiger partial charge in [-0.15, -0.1) is 6.42 Å². The zero-order valence-corrected chi connectivity index (χ0v) is 17.9. The molecule has 1 saturated heterocycles. The maximum Gasteiger partial charge on any atom is 0.318 e. The van der Waals surface area contributed by atoms with Gasteiger partial charge in [0, 0.05) is 48.4 Å². The minimum absolute atomic E-state index is 0.122. The lowest BCUT2D eigenvalue weighted by molar-refractivity contribution is 0.380. The molecule has 7 heteroatoms. The van der Waals surface area contributed by atoms with Crippen LogP contribution >= 0.6 is 0 Å². The number of hydrogen-bond acceptors (Lipinski definition) is 6. The van der Waals surface area contributed by atoms with Crippen molar-refractivity contribution in [1.82, 2.24) is 20.3 Å². The number of ether oxygens (including phenoxy) is 1. The molecule has 0 spiro atoms. The number of nitrogens with one attached hydrogen (secondary N) is 1. The molecule has 6 nitrogen and oxygen atoms in total. The lowest BCUT2D eigenvalue weighted by atomic mass is 9.97. The van der Waals surface area contributed by atoms with Gasteiger partial charge < -0.3 is 15.0 Å². The summed E-state index contributed by atoms with van der Waals surface area (Å²) in [5.74, 6) is 2.81. The van der Waals surface area contributed by atoms with Crippen molar-refractivity contribution in [2.24, 2.45) is 0 Å². The van der Waals surface area contributed by atoms with Gasteiger partial charge in [-0.1, -0.05) is 36.3 Å². The van der Waals surface area contributed by atoms with E-state index in [1.54, 1.807) is 6.20 Å². The highest BCUT2D eigenvalue weighted by Crippen LogP contribution is 2.35. The lowest BCUT2D eigenvalue weighted by Gasteiger charge is -2.33. The fourth-order valence-corrected chi connectivity index (χ4v) is 4.33. The van der Waals surface area contributed by atoms with Crippen LogP contribution in [0.2, 0.25) is 0 Å². The van der Waals surface area contributed by atoms with Crippen molar-refractivity contribution in [3.8, 4) is 29.6 Å². The molecule has 1 unspecified atom stereocenters. The van der Waals surface area contributed by atoms with Crippen LogP contribution in [0, 0.1) is 18.2 Å². The van der Waals surface area contributed by atoms with E-state index in [1.807, 2.05) is 36.4 Å². The summed E-state index contributed by atoms with van der Waals surface area (Å²) in [5, 5.41) is 5.68. The molecule has 1 fully saturated rings. The number of anilines is 1. The zero-order chi connectivity index (χ0) is 22.2. The molecule has 0 saturated carbocycles. The van der Waals surface area contributed by atoms with Crippen molar-refractivity contribution >= 4 is 27.5 Å². The Kier molecular flexibility index (Phi) is 5.08. The third-order valence-corrected chi connectivity index (χ3v) is 5.81. The number of methoxy groups -OCH3 is 1. The van der Waals surface area contributed by atoms with Gasteiger partial charge in [0.15, 0.2) is 5.82 Å². The molecule has 160 valence electrons. The molecule has 32 heavy (non-hydrogen) atoms. The van der Waals surface area contributed by atoms with E-state index >= 15 is 4.39 Å². The van der Waals surface area contributed by atoms with E-state index < -0.39 is 5.82 Å². The monoisotopic (exact) mass is 427 g/mol. The van der Waals surface area contributed by atoms with E-state index in [0.29, 0.717) is 22.3 Å². The summed E-state index contributed by atoms with van der Waals surface area (Å²) in [5.41, 5.74) is 1.70. The summed E-state index contributed by atoms with van der Waals surface area (Å²) in [6.45, 7) is 4.41. The van der Waals surface area contributed by atoms with Crippen molar-refractivity contribution in [3.05, 3.63) is 54.0 Å². The molecular formula is C25H22FN5O. The van der Waals surface area contributed by atoms with Crippen LogP contribution in [0.5, 0.6) is 6.01 Å². The summed E-state index contributed by atoms with van der Waals surface area (Å²) < 4.78 is 21.3. The topological polar surface area (TPSA) is 63.2 Å². The second kappa shape index (κ2) is 8.06. The average molecular weight is 427 g/mol. The lowest BCUT2D eigenvalue weighted by Crippen LogP contribution is -2.49. The van der Waals surface area contributed by atoms with E-state index in [4.69, 9.17) is 11.2 Å². The van der Waals surface area contributed by atoms with Gasteiger partial charge in [0.2, 0.25) is 0 Å². The van der Waals surface area contributed by atoms with Gasteiger partial charge in [0.05, 0.1) is 12.5 Å². The molecule has 1 atom stereocenters. The minimum atomic E-state index is -0.521. The van der Waals surface area contributed by atoms with Crippen molar-refractivity contribution in [2.75, 3.05) is 31.6 Å². The van der Waals surface area contributed by atoms with Gasteiger partial charge in [-0.3, -0.25) is 4.98 Å². The molecular weight excluding hydrogens is 405 g/mol. The summed E-state index contributed by atoms with van der Waals surface area (Å²) in [6.07, 6.45) is 7.38. The van der Waals surface area contributed by atoms with E-state index in [9.17, 15) is 0 Å². The molecule has 4 aromatic rings. The Bertz CT molecular complexity index is 1380. The largest absolute Gasteiger partial charge is 0.467 e. The van der Waals surface area contributed by atoms with Crippen molar-refractivity contribution in [1.29, 1.82) is 0 Å². The van der Waals surface area contributed by atoms with Crippen LogP contribution in [-0.2, 0) is 0 Å². The summed E-state index contributed by atoms with van der Waals surface area (Å²) in [6, 6.07) is 11.8. The molecule has 3 heterocycles. The minimum Gasteiger partial charge on any atom is -0.467 e. The van der Waals surface area contributed by atoms with Crippen LogP contribution < -0.4 is 15.0 Å². The van der Waals surface area contributed by atoms with E-state index in [-0.39, 0.29) is 23.3 Å². The molecule has 2 aromatic heterocycles. The number of rotatable bonds is 3. The van der Waals surface area contributed by atoms with E-state index in [2.05, 4.69) is 38.0 Å². The number of benzene rings is 2. The summed E-state index contributed by atoms with van der Waals surface area (Å²) >= 11 is 0. The average Bonchev–Trinajstić information content (AvgIpc) is 2.83. The zero-order valence-electron chi connectivity index (χ0n) is 17.9. The SMILES string of the molecule is C#Cc1cccc2cccc(-c3ncc4c(N5CCNC(C)C5)nc(OC)nc4c3F)c12. The first kappa shape index (κ1) is 20.2. The Morgan fingerprint density at radius 3 is 2.78 bits per heavy atom. The molecule has 0 radical (unpaired) electrons. The van der Waals surface area contributed by atoms with Crippen LogP contribution in [0.4, 0.5) is 10.2 Å². The molecule has 1 aliphatic heterocycles. The number of hydrogen-bond donors (Lipinski definition) is 1. The van der Waals surface area contributed by atoms with Gasteiger partial charge in [-0.2, -0.15) is 9.97 Å². The summed E-state index contributed by atoms with van der Waals surface area (Å²) in [4.78, 5) is 15.5. The standard InChI is InChI=1S/C25H22FN5O/c1-4-16-7-5-8-17-9-6-10-18(20(16)17)22-21(26)23-19(13-28-22)24(30-25(29-23)32-3)31-12-11-27-15(2)14-31/h1,5-10,13,15,27H,11-12,14H2,2-3H3. The number of halogens is 1. The fraction of sp³-hybridized carbons (Fsp3) is 0.240. The highest BCUT2D eigenvalue weighted by Gasteiger charge is 2.24. The molecule has 0 aliphatic carbocycles. The maximum absolute atomic E-state index is 16.0. The van der Waals surface area contributed by atoms with Crippen LogP contribution in [-0.4, -0.2) is 47.7 Å². The number of terminal acetylenes is 1. The van der Waals surface area contributed by atoms with Gasteiger partial charge in [0.25, 0.3) is 0 Å². The third-order valence-electron chi connectivity index (χ3n) is 5.81. The van der Waals surface area contributed by atoms with Crippen LogP contribution in [0.25, 0.3) is 32.9 Å². The maximum atomic E-state index is 16.0. The molecule has 0 bridgehead atoms. The quantitative estimate of drug-likeness (QED) is 0.502. The summed E-state index contributed by atoms with van der Waals surface area (Å²) in [7, 11) is 1.48. The Morgan fingerprint density at radius 1 is 1.22 bits per heavy atom. The number of aromatic nitrogens is 3. The predicted molar refractivity (Wildman–Crippen MR) is 124 cm³/mol. The van der Waals surface area contributed by atoms with E-state index in [0.717, 1.165) is 30.4 Å². The van der Waals surface area contributed by atoms with E-state index in [1.165, 1.54) is 7.11 Å². The first-order chi connectivity index (χ1) is 15.6. The number of fused-ring (bicyclic) bond motifs is 2. The van der Waals surface area contributed by atoms with Crippen molar-refractivity contribution < 1.29 is 9.13 Å². The molecule has 1 aliphatic rings. The molecule has 0 amide bonds. The molecule has 2 aromatic carbocycles. The predicted octanol–water partition coefficient (Wildman–Crippen LogP) is 3.77. The van der Waals surface area contributed by atoms with Gasteiger partial charge in [-0.05, 0) is 18.4 Å². The van der Waals surface area contributed by atoms with Crippen LogP contribution in [0.1, 0.15) is 12.5 Å². The normalized spacial score (nSPS) is 16.3. The van der Waals surface area contributed by atoms with Crippen molar-refractivity contribution in [3.63, 3.8) is 0 Å². The number of nitrogens with zero attached hydrogens (tertiary/aromatic N) is 4. The Labute approximate surface area is 185 Å². The fourth-order valence-electron chi connectivity index (χ4n) is 4.33. The highest BCUT2D eigenvalue weighted by atomic mass is 19.1. The molecule has 5 rings (SSSR count). The van der Waals surface area contributed by atoms with Crippen LogP contribution in [0.15, 0.2) is 42.6 Å². The second-order valence-corrected chi connectivity index (χ2v) is 7.87.